The Morgan fingerprint density at radius 2 is 1.89 bits per heavy atom. The molecule has 0 unspecified atom stereocenters. The zero-order chi connectivity index (χ0) is 14.1. The fourth-order valence-corrected chi connectivity index (χ4v) is 1.24. The van der Waals surface area contributed by atoms with Crippen LogP contribution < -0.4 is 4.74 Å². The lowest BCUT2D eigenvalue weighted by molar-refractivity contribution is -0.387. The highest BCUT2D eigenvalue weighted by Crippen LogP contribution is 2.37. The lowest BCUT2D eigenvalue weighted by Crippen LogP contribution is -2.35. The fraction of sp³-hybridized carbons (Fsp3) is 0.125. The molecule has 0 saturated carbocycles. The molecule has 0 amide bonds. The molecule has 98 valence electrons. The molecule has 1 aromatic rings. The van der Waals surface area contributed by atoms with Gasteiger partial charge in [0.25, 0.3) is 0 Å². The summed E-state index contributed by atoms with van der Waals surface area (Å²) in [6.45, 7) is 0. The quantitative estimate of drug-likeness (QED) is 0.682. The Bertz CT molecular complexity index is 522. The maximum atomic E-state index is 12.8. The number of nitrogens with zero attached hydrogens (tertiary/aromatic N) is 1. The van der Waals surface area contributed by atoms with Gasteiger partial charge in [0.15, 0.2) is 0 Å². The van der Waals surface area contributed by atoms with Crippen LogP contribution in [0.15, 0.2) is 12.1 Å². The van der Waals surface area contributed by atoms with Gasteiger partial charge in [-0.25, -0.2) is 4.79 Å². The first-order valence-corrected chi connectivity index (χ1v) is 4.84. The first-order chi connectivity index (χ1) is 8.15. The highest BCUT2D eigenvalue weighted by atomic mass is 35.5. The van der Waals surface area contributed by atoms with Crippen molar-refractivity contribution in [3.63, 3.8) is 0 Å². The Morgan fingerprint density at radius 1 is 1.39 bits per heavy atom. The predicted octanol–water partition coefficient (Wildman–Crippen LogP) is 2.96. The van der Waals surface area contributed by atoms with Crippen LogP contribution in [0.2, 0.25) is 10.0 Å². The number of alkyl halides is 2. The van der Waals surface area contributed by atoms with Gasteiger partial charge in [0, 0.05) is 12.1 Å². The third-order valence-corrected chi connectivity index (χ3v) is 2.41. The first kappa shape index (κ1) is 14.4. The van der Waals surface area contributed by atoms with Crippen molar-refractivity contribution < 1.29 is 28.3 Å². The van der Waals surface area contributed by atoms with Gasteiger partial charge in [-0.2, -0.15) is 8.78 Å². The molecule has 0 aliphatic carbocycles. The van der Waals surface area contributed by atoms with Crippen LogP contribution in [-0.2, 0) is 4.79 Å². The minimum absolute atomic E-state index is 0.255. The summed E-state index contributed by atoms with van der Waals surface area (Å²) < 4.78 is 29.3. The molecule has 0 atom stereocenters. The minimum atomic E-state index is -4.62. The van der Waals surface area contributed by atoms with Crippen molar-refractivity contribution >= 4 is 34.9 Å². The molecule has 18 heavy (non-hydrogen) atoms. The van der Waals surface area contributed by atoms with Crippen LogP contribution in [0.4, 0.5) is 14.5 Å². The van der Waals surface area contributed by atoms with Crippen LogP contribution in [0.1, 0.15) is 0 Å². The summed E-state index contributed by atoms with van der Waals surface area (Å²) in [5.74, 6) is -3.59. The second kappa shape index (κ2) is 4.91. The summed E-state index contributed by atoms with van der Waals surface area (Å²) in [6.07, 6.45) is -4.62. The standard InChI is InChI=1S/C8H3Cl2F2NO5/c9-3-1-5(13(16)17)6(2-4(3)10)18-8(11,12)7(14)15/h1-2H,(H,14,15). The largest absolute Gasteiger partial charge is 0.502 e. The number of ether oxygens (including phenoxy) is 1. The monoisotopic (exact) mass is 301 g/mol. The van der Waals surface area contributed by atoms with E-state index >= 15 is 0 Å². The molecule has 1 N–H and O–H groups in total. The molecule has 0 fully saturated rings. The Hall–Kier alpha value is -1.67. The summed E-state index contributed by atoms with van der Waals surface area (Å²) in [4.78, 5) is 19.7. The molecule has 6 nitrogen and oxygen atoms in total. The SMILES string of the molecule is O=C(O)C(F)(F)Oc1cc(Cl)c(Cl)cc1[N+](=O)[O-]. The molecular weight excluding hydrogens is 299 g/mol. The molecule has 10 heteroatoms. The Balaban J connectivity index is 3.27. The van der Waals surface area contributed by atoms with E-state index in [1.54, 1.807) is 0 Å². The molecule has 0 aliphatic heterocycles. The van der Waals surface area contributed by atoms with Crippen LogP contribution in [0, 0.1) is 10.1 Å². The number of carboxylic acid groups (broad SMARTS) is 1. The third kappa shape index (κ3) is 2.96. The lowest BCUT2D eigenvalue weighted by Gasteiger charge is -2.13. The Labute approximate surface area is 108 Å². The zero-order valence-corrected chi connectivity index (χ0v) is 9.71. The van der Waals surface area contributed by atoms with Crippen LogP contribution in [0.5, 0.6) is 5.75 Å². The van der Waals surface area contributed by atoms with E-state index < -0.39 is 28.4 Å². The average molecular weight is 302 g/mol. The normalized spacial score (nSPS) is 11.1. The topological polar surface area (TPSA) is 89.7 Å². The smallest absolute Gasteiger partial charge is 0.474 e. The number of aliphatic carboxylic acids is 1. The molecular formula is C8H3Cl2F2NO5. The van der Waals surface area contributed by atoms with Crippen molar-refractivity contribution in [2.45, 2.75) is 6.11 Å². The second-order valence-corrected chi connectivity index (χ2v) is 3.73. The summed E-state index contributed by atoms with van der Waals surface area (Å²) >= 11 is 10.9. The molecule has 1 aromatic carbocycles. The molecule has 0 bridgehead atoms. The highest BCUT2D eigenvalue weighted by Gasteiger charge is 2.44. The summed E-state index contributed by atoms with van der Waals surface area (Å²) in [5.41, 5.74) is -0.926. The zero-order valence-electron chi connectivity index (χ0n) is 8.19. The number of benzene rings is 1. The molecule has 0 heterocycles. The van der Waals surface area contributed by atoms with Gasteiger partial charge in [-0.1, -0.05) is 23.2 Å². The van der Waals surface area contributed by atoms with Gasteiger partial charge in [-0.15, -0.1) is 0 Å². The van der Waals surface area contributed by atoms with Gasteiger partial charge >= 0.3 is 17.8 Å². The summed E-state index contributed by atoms with van der Waals surface area (Å²) in [5, 5.41) is 18.2. The van der Waals surface area contributed by atoms with E-state index in [0.717, 1.165) is 0 Å². The third-order valence-electron chi connectivity index (χ3n) is 1.69. The van der Waals surface area contributed by atoms with Crippen LogP contribution in [0.25, 0.3) is 0 Å². The van der Waals surface area contributed by atoms with Gasteiger partial charge in [-0.3, -0.25) is 10.1 Å². The molecule has 0 aromatic heterocycles. The van der Waals surface area contributed by atoms with Crippen molar-refractivity contribution in [1.29, 1.82) is 0 Å². The van der Waals surface area contributed by atoms with Gasteiger partial charge in [0.1, 0.15) is 0 Å². The number of nitro benzene ring substituents is 1. The number of rotatable bonds is 4. The maximum Gasteiger partial charge on any atom is 0.502 e. The van der Waals surface area contributed by atoms with Crippen molar-refractivity contribution in [3.8, 4) is 5.75 Å². The predicted molar refractivity (Wildman–Crippen MR) is 56.3 cm³/mol. The van der Waals surface area contributed by atoms with Crippen LogP contribution in [-0.4, -0.2) is 22.1 Å². The number of carbonyl (C=O) groups is 1. The number of hydrogen-bond donors (Lipinski definition) is 1. The van der Waals surface area contributed by atoms with Crippen molar-refractivity contribution in [3.05, 3.63) is 32.3 Å². The van der Waals surface area contributed by atoms with E-state index in [9.17, 15) is 23.7 Å². The Morgan fingerprint density at radius 3 is 2.33 bits per heavy atom. The van der Waals surface area contributed by atoms with Gasteiger partial charge in [0.2, 0.25) is 5.75 Å². The number of halogens is 4. The maximum absolute atomic E-state index is 12.8. The number of nitro groups is 1. The highest BCUT2D eigenvalue weighted by molar-refractivity contribution is 6.42. The average Bonchev–Trinajstić information content (AvgIpc) is 2.22. The van der Waals surface area contributed by atoms with Crippen molar-refractivity contribution in [2.24, 2.45) is 0 Å². The van der Waals surface area contributed by atoms with E-state index in [2.05, 4.69) is 4.74 Å². The Kier molecular flexibility index (Phi) is 3.92. The van der Waals surface area contributed by atoms with E-state index in [1.165, 1.54) is 0 Å². The summed E-state index contributed by atoms with van der Waals surface area (Å²) in [7, 11) is 0. The van der Waals surface area contributed by atoms with Gasteiger partial charge < -0.3 is 9.84 Å². The minimum Gasteiger partial charge on any atom is -0.474 e. The lowest BCUT2D eigenvalue weighted by atomic mass is 10.3. The summed E-state index contributed by atoms with van der Waals surface area (Å²) in [6, 6.07) is 1.32. The van der Waals surface area contributed by atoms with Crippen molar-refractivity contribution in [2.75, 3.05) is 0 Å². The molecule has 1 rings (SSSR count). The fourth-order valence-electron chi connectivity index (χ4n) is 0.924. The van der Waals surface area contributed by atoms with Crippen molar-refractivity contribution in [1.82, 2.24) is 0 Å². The van der Waals surface area contributed by atoms with Crippen LogP contribution in [0.3, 0.4) is 0 Å². The van der Waals surface area contributed by atoms with Gasteiger partial charge in [0.05, 0.1) is 15.0 Å². The van der Waals surface area contributed by atoms with E-state index in [4.69, 9.17) is 28.3 Å². The van der Waals surface area contributed by atoms with Crippen LogP contribution >= 0.6 is 23.2 Å². The second-order valence-electron chi connectivity index (χ2n) is 2.92. The molecule has 0 spiro atoms. The number of carboxylic acids is 1. The number of hydrogen-bond acceptors (Lipinski definition) is 4. The van der Waals surface area contributed by atoms with E-state index in [0.29, 0.717) is 12.1 Å². The van der Waals surface area contributed by atoms with E-state index in [1.807, 2.05) is 0 Å². The molecule has 0 radical (unpaired) electrons. The first-order valence-electron chi connectivity index (χ1n) is 4.09. The van der Waals surface area contributed by atoms with E-state index in [-0.39, 0.29) is 10.0 Å². The van der Waals surface area contributed by atoms with Gasteiger partial charge in [-0.05, 0) is 0 Å². The molecule has 0 saturated heterocycles. The molecule has 0 aliphatic rings.